The van der Waals surface area contributed by atoms with Crippen LogP contribution in [0.1, 0.15) is 27.7 Å². The number of pyridine rings is 1. The number of halogens is 1. The van der Waals surface area contributed by atoms with Crippen molar-refractivity contribution in [3.63, 3.8) is 0 Å². The quantitative estimate of drug-likeness (QED) is 0.721. The average molecular weight is 353 g/mol. The van der Waals surface area contributed by atoms with Crippen LogP contribution in [0.3, 0.4) is 0 Å². The number of ether oxygens (including phenoxy) is 1. The number of carbonyl (C=O) groups excluding carboxylic acids is 1. The van der Waals surface area contributed by atoms with Gasteiger partial charge in [-0.05, 0) is 36.4 Å². The molecule has 1 amide bonds. The van der Waals surface area contributed by atoms with Gasteiger partial charge in [0.05, 0.1) is 12.2 Å². The number of carbonyl (C=O) groups is 1. The number of benzene rings is 1. The highest BCUT2D eigenvalue weighted by atomic mass is 19.1. The number of hydrogen-bond donors (Lipinski definition) is 0. The molecular formula is C19H16FN3O3. The van der Waals surface area contributed by atoms with Gasteiger partial charge in [0.15, 0.2) is 6.61 Å². The molecule has 0 fully saturated rings. The molecule has 4 rings (SSSR count). The van der Waals surface area contributed by atoms with Crippen LogP contribution in [-0.4, -0.2) is 27.3 Å². The molecule has 0 spiro atoms. The van der Waals surface area contributed by atoms with Crippen molar-refractivity contribution < 1.29 is 18.3 Å². The molecule has 1 aromatic carbocycles. The third kappa shape index (κ3) is 3.42. The third-order valence-corrected chi connectivity index (χ3v) is 4.17. The van der Waals surface area contributed by atoms with Gasteiger partial charge in [0.2, 0.25) is 5.89 Å². The molecule has 3 aromatic rings. The molecule has 3 heterocycles. The monoisotopic (exact) mass is 353 g/mol. The first kappa shape index (κ1) is 16.3. The summed E-state index contributed by atoms with van der Waals surface area (Å²) in [6.07, 6.45) is 3.91. The molecule has 0 unspecified atom stereocenters. The van der Waals surface area contributed by atoms with E-state index < -0.39 is 0 Å². The fourth-order valence-corrected chi connectivity index (χ4v) is 2.84. The van der Waals surface area contributed by atoms with Gasteiger partial charge in [-0.25, -0.2) is 9.37 Å². The zero-order valence-corrected chi connectivity index (χ0v) is 13.9. The third-order valence-electron chi connectivity index (χ3n) is 4.17. The number of aromatic nitrogens is 2. The lowest BCUT2D eigenvalue weighted by molar-refractivity contribution is 0.0718. The molecule has 7 heteroatoms. The summed E-state index contributed by atoms with van der Waals surface area (Å²) in [5.41, 5.74) is 1.30. The van der Waals surface area contributed by atoms with Crippen molar-refractivity contribution in [3.8, 4) is 5.75 Å². The summed E-state index contributed by atoms with van der Waals surface area (Å²) < 4.78 is 24.4. The van der Waals surface area contributed by atoms with Crippen molar-refractivity contribution in [1.29, 1.82) is 0 Å². The maximum atomic E-state index is 13.0. The molecule has 1 aliphatic rings. The Labute approximate surface area is 149 Å². The van der Waals surface area contributed by atoms with Crippen LogP contribution in [-0.2, 0) is 19.6 Å². The van der Waals surface area contributed by atoms with Gasteiger partial charge in [0.1, 0.15) is 17.3 Å². The molecule has 2 aromatic heterocycles. The molecule has 26 heavy (non-hydrogen) atoms. The van der Waals surface area contributed by atoms with Crippen LogP contribution < -0.4 is 4.74 Å². The fraction of sp³-hybridized carbons (Fsp3) is 0.211. The lowest BCUT2D eigenvalue weighted by Gasteiger charge is -2.25. The summed E-state index contributed by atoms with van der Waals surface area (Å²) >= 11 is 0. The van der Waals surface area contributed by atoms with Crippen LogP contribution in [0.25, 0.3) is 0 Å². The maximum Gasteiger partial charge on any atom is 0.254 e. The lowest BCUT2D eigenvalue weighted by atomic mass is 10.1. The molecule has 0 N–H and O–H groups in total. The van der Waals surface area contributed by atoms with E-state index in [1.165, 1.54) is 24.3 Å². The first-order valence-corrected chi connectivity index (χ1v) is 8.24. The summed E-state index contributed by atoms with van der Waals surface area (Å²) in [7, 11) is 0. The Bertz CT molecular complexity index is 910. The molecule has 0 saturated carbocycles. The topological polar surface area (TPSA) is 68.5 Å². The lowest BCUT2D eigenvalue weighted by Crippen LogP contribution is -2.35. The van der Waals surface area contributed by atoms with Crippen molar-refractivity contribution in [2.45, 2.75) is 19.6 Å². The summed E-state index contributed by atoms with van der Waals surface area (Å²) in [6, 6.07) is 9.05. The SMILES string of the molecule is O=C(c1ccc(F)cc1)N1CCc2nc(COc3ccncc3)oc2C1. The van der Waals surface area contributed by atoms with Crippen molar-refractivity contribution in [2.24, 2.45) is 0 Å². The summed E-state index contributed by atoms with van der Waals surface area (Å²) in [5, 5.41) is 0. The summed E-state index contributed by atoms with van der Waals surface area (Å²) in [5.74, 6) is 1.31. The first-order chi connectivity index (χ1) is 12.7. The first-order valence-electron chi connectivity index (χ1n) is 8.24. The van der Waals surface area contributed by atoms with Gasteiger partial charge in [0.25, 0.3) is 5.91 Å². The predicted octanol–water partition coefficient (Wildman–Crippen LogP) is 2.99. The molecule has 0 saturated heterocycles. The highest BCUT2D eigenvalue weighted by Gasteiger charge is 2.26. The largest absolute Gasteiger partial charge is 0.484 e. The average Bonchev–Trinajstić information content (AvgIpc) is 3.09. The second kappa shape index (κ2) is 6.95. The van der Waals surface area contributed by atoms with Gasteiger partial charge < -0.3 is 14.1 Å². The smallest absolute Gasteiger partial charge is 0.254 e. The van der Waals surface area contributed by atoms with Gasteiger partial charge in [-0.15, -0.1) is 0 Å². The number of amides is 1. The zero-order chi connectivity index (χ0) is 17.9. The Morgan fingerprint density at radius 1 is 1.19 bits per heavy atom. The zero-order valence-electron chi connectivity index (χ0n) is 13.9. The second-order valence-corrected chi connectivity index (χ2v) is 5.93. The van der Waals surface area contributed by atoms with Crippen molar-refractivity contribution in [3.05, 3.63) is 77.5 Å². The summed E-state index contributed by atoms with van der Waals surface area (Å²) in [4.78, 5) is 22.6. The molecule has 0 radical (unpaired) electrons. The number of fused-ring (bicyclic) bond motifs is 1. The van der Waals surface area contributed by atoms with Gasteiger partial charge >= 0.3 is 0 Å². The Morgan fingerprint density at radius 2 is 1.96 bits per heavy atom. The van der Waals surface area contributed by atoms with E-state index in [4.69, 9.17) is 9.15 Å². The Kier molecular flexibility index (Phi) is 4.35. The van der Waals surface area contributed by atoms with Crippen LogP contribution in [0.5, 0.6) is 5.75 Å². The van der Waals surface area contributed by atoms with E-state index in [0.717, 1.165) is 5.69 Å². The second-order valence-electron chi connectivity index (χ2n) is 5.93. The van der Waals surface area contributed by atoms with Crippen molar-refractivity contribution in [1.82, 2.24) is 14.9 Å². The van der Waals surface area contributed by atoms with Crippen LogP contribution in [0.4, 0.5) is 4.39 Å². The molecule has 6 nitrogen and oxygen atoms in total. The van der Waals surface area contributed by atoms with E-state index in [1.807, 2.05) is 0 Å². The molecule has 132 valence electrons. The van der Waals surface area contributed by atoms with Crippen LogP contribution >= 0.6 is 0 Å². The highest BCUT2D eigenvalue weighted by molar-refractivity contribution is 5.94. The van der Waals surface area contributed by atoms with E-state index in [-0.39, 0.29) is 18.3 Å². The maximum absolute atomic E-state index is 13.0. The minimum absolute atomic E-state index is 0.151. The number of rotatable bonds is 4. The van der Waals surface area contributed by atoms with Crippen LogP contribution in [0.15, 0.2) is 53.2 Å². The fourth-order valence-electron chi connectivity index (χ4n) is 2.84. The Balaban J connectivity index is 1.43. The Hall–Kier alpha value is -3.22. The summed E-state index contributed by atoms with van der Waals surface area (Å²) in [6.45, 7) is 1.09. The van der Waals surface area contributed by atoms with E-state index in [9.17, 15) is 9.18 Å². The highest BCUT2D eigenvalue weighted by Crippen LogP contribution is 2.22. The molecule has 0 bridgehead atoms. The van der Waals surface area contributed by atoms with Crippen LogP contribution in [0.2, 0.25) is 0 Å². The number of hydrogen-bond acceptors (Lipinski definition) is 5. The van der Waals surface area contributed by atoms with Crippen molar-refractivity contribution in [2.75, 3.05) is 6.54 Å². The Morgan fingerprint density at radius 3 is 2.73 bits per heavy atom. The number of oxazole rings is 1. The van der Waals surface area contributed by atoms with E-state index in [0.29, 0.717) is 42.5 Å². The molecular weight excluding hydrogens is 337 g/mol. The van der Waals surface area contributed by atoms with Gasteiger partial charge in [-0.1, -0.05) is 0 Å². The van der Waals surface area contributed by atoms with Crippen molar-refractivity contribution >= 4 is 5.91 Å². The molecule has 0 aliphatic carbocycles. The minimum atomic E-state index is -0.364. The predicted molar refractivity (Wildman–Crippen MR) is 89.9 cm³/mol. The van der Waals surface area contributed by atoms with Gasteiger partial charge in [-0.3, -0.25) is 9.78 Å². The van der Waals surface area contributed by atoms with Gasteiger partial charge in [0, 0.05) is 30.9 Å². The van der Waals surface area contributed by atoms with E-state index in [1.54, 1.807) is 29.4 Å². The number of nitrogens with zero attached hydrogens (tertiary/aromatic N) is 3. The standard InChI is InChI=1S/C19H16FN3O3/c20-14-3-1-13(2-4-14)19(24)23-10-7-16-17(11-23)26-18(22-16)12-25-15-5-8-21-9-6-15/h1-6,8-9H,7,10-12H2. The van der Waals surface area contributed by atoms with Gasteiger partial charge in [-0.2, -0.15) is 0 Å². The van der Waals surface area contributed by atoms with E-state index in [2.05, 4.69) is 9.97 Å². The van der Waals surface area contributed by atoms with Crippen LogP contribution in [0, 0.1) is 5.82 Å². The molecule has 1 aliphatic heterocycles. The minimum Gasteiger partial charge on any atom is -0.484 e. The molecule has 0 atom stereocenters. The normalized spacial score (nSPS) is 13.3. The van der Waals surface area contributed by atoms with E-state index >= 15 is 0 Å².